The summed E-state index contributed by atoms with van der Waals surface area (Å²) >= 11 is 0. The van der Waals surface area contributed by atoms with E-state index < -0.39 is 0 Å². The van der Waals surface area contributed by atoms with Crippen molar-refractivity contribution in [2.45, 2.75) is 6.42 Å². The second-order valence-corrected chi connectivity index (χ2v) is 6.53. The van der Waals surface area contributed by atoms with E-state index in [0.717, 1.165) is 30.6 Å². The van der Waals surface area contributed by atoms with Crippen LogP contribution in [0, 0.1) is 5.92 Å². The number of hydrogen-bond donors (Lipinski definition) is 1. The molecule has 1 amide bonds. The predicted molar refractivity (Wildman–Crippen MR) is 103 cm³/mol. The third-order valence-corrected chi connectivity index (χ3v) is 4.66. The molecule has 1 saturated heterocycles. The van der Waals surface area contributed by atoms with Crippen LogP contribution in [0.15, 0.2) is 65.1 Å². The minimum atomic E-state index is -0.120. The minimum Gasteiger partial charge on any atom is -0.437 e. The lowest BCUT2D eigenvalue weighted by molar-refractivity contribution is -0.116. The van der Waals surface area contributed by atoms with Crippen molar-refractivity contribution >= 4 is 28.8 Å². The second kappa shape index (κ2) is 7.44. The standard InChI is InChI=1S/C21H21N3O2/c25-20(10-11-21-23-18-8-4-5-9-19(18)26-21)22-14-16-12-13-24(15-16)17-6-2-1-3-7-17/h1-11,16H,12-15H2,(H,22,25)/b11-10+/t16-/m1/s1. The van der Waals surface area contributed by atoms with E-state index in [4.69, 9.17) is 4.42 Å². The second-order valence-electron chi connectivity index (χ2n) is 6.53. The van der Waals surface area contributed by atoms with Gasteiger partial charge in [0.05, 0.1) is 0 Å². The SMILES string of the molecule is O=C(/C=C/c1nc2ccccc2o1)NC[C@H]1CCN(c2ccccc2)C1. The zero-order valence-corrected chi connectivity index (χ0v) is 14.5. The van der Waals surface area contributed by atoms with Crippen LogP contribution in [-0.2, 0) is 4.79 Å². The van der Waals surface area contributed by atoms with E-state index in [1.54, 1.807) is 6.08 Å². The van der Waals surface area contributed by atoms with Gasteiger partial charge in [-0.25, -0.2) is 4.98 Å². The van der Waals surface area contributed by atoms with Gasteiger partial charge in [-0.3, -0.25) is 4.79 Å². The molecule has 3 aromatic rings. The molecular formula is C21H21N3O2. The number of aromatic nitrogens is 1. The fourth-order valence-corrected chi connectivity index (χ4v) is 3.28. The molecule has 5 heteroatoms. The lowest BCUT2D eigenvalue weighted by Crippen LogP contribution is -2.29. The Hall–Kier alpha value is -3.08. The molecule has 0 radical (unpaired) electrons. The first-order valence-electron chi connectivity index (χ1n) is 8.89. The Morgan fingerprint density at radius 3 is 2.85 bits per heavy atom. The van der Waals surface area contributed by atoms with Crippen molar-refractivity contribution in [3.05, 3.63) is 66.6 Å². The Balaban J connectivity index is 1.27. The number of para-hydroxylation sites is 3. The average molecular weight is 347 g/mol. The molecule has 2 aromatic carbocycles. The van der Waals surface area contributed by atoms with Crippen molar-refractivity contribution < 1.29 is 9.21 Å². The van der Waals surface area contributed by atoms with Crippen LogP contribution in [0.4, 0.5) is 5.69 Å². The van der Waals surface area contributed by atoms with Crippen molar-refractivity contribution in [2.75, 3.05) is 24.5 Å². The lowest BCUT2D eigenvalue weighted by atomic mass is 10.1. The molecule has 0 unspecified atom stereocenters. The van der Waals surface area contributed by atoms with E-state index in [-0.39, 0.29) is 5.91 Å². The summed E-state index contributed by atoms with van der Waals surface area (Å²) < 4.78 is 5.57. The maximum atomic E-state index is 12.1. The number of nitrogens with one attached hydrogen (secondary N) is 1. The van der Waals surface area contributed by atoms with Crippen LogP contribution in [0.2, 0.25) is 0 Å². The number of nitrogens with zero attached hydrogens (tertiary/aromatic N) is 2. The molecule has 5 nitrogen and oxygen atoms in total. The van der Waals surface area contributed by atoms with Crippen LogP contribution in [0.5, 0.6) is 0 Å². The number of carbonyl (C=O) groups is 1. The van der Waals surface area contributed by atoms with E-state index in [2.05, 4.69) is 39.5 Å². The van der Waals surface area contributed by atoms with Crippen molar-refractivity contribution in [2.24, 2.45) is 5.92 Å². The smallest absolute Gasteiger partial charge is 0.244 e. The molecule has 0 spiro atoms. The quantitative estimate of drug-likeness (QED) is 0.718. The number of benzene rings is 2. The molecule has 1 aliphatic rings. The van der Waals surface area contributed by atoms with E-state index in [0.29, 0.717) is 18.4 Å². The van der Waals surface area contributed by atoms with Crippen molar-refractivity contribution in [1.29, 1.82) is 0 Å². The number of carbonyl (C=O) groups excluding carboxylic acids is 1. The lowest BCUT2D eigenvalue weighted by Gasteiger charge is -2.18. The van der Waals surface area contributed by atoms with Gasteiger partial charge in [-0.1, -0.05) is 30.3 Å². The first-order valence-corrected chi connectivity index (χ1v) is 8.89. The maximum absolute atomic E-state index is 12.1. The average Bonchev–Trinajstić information content (AvgIpc) is 3.32. The molecule has 2 heterocycles. The molecule has 1 aliphatic heterocycles. The first-order chi connectivity index (χ1) is 12.8. The Kier molecular flexibility index (Phi) is 4.69. The highest BCUT2D eigenvalue weighted by atomic mass is 16.3. The third kappa shape index (κ3) is 3.77. The van der Waals surface area contributed by atoms with E-state index in [1.807, 2.05) is 30.3 Å². The van der Waals surface area contributed by atoms with Gasteiger partial charge in [0.25, 0.3) is 0 Å². The van der Waals surface area contributed by atoms with Gasteiger partial charge < -0.3 is 14.6 Å². The summed E-state index contributed by atoms with van der Waals surface area (Å²) in [5.74, 6) is 0.791. The molecule has 1 aromatic heterocycles. The molecular weight excluding hydrogens is 326 g/mol. The van der Waals surface area contributed by atoms with Crippen LogP contribution >= 0.6 is 0 Å². The maximum Gasteiger partial charge on any atom is 0.244 e. The topological polar surface area (TPSA) is 58.4 Å². The highest BCUT2D eigenvalue weighted by molar-refractivity contribution is 5.91. The van der Waals surface area contributed by atoms with Gasteiger partial charge >= 0.3 is 0 Å². The van der Waals surface area contributed by atoms with Gasteiger partial charge in [0.15, 0.2) is 5.58 Å². The molecule has 1 atom stereocenters. The Morgan fingerprint density at radius 2 is 2.00 bits per heavy atom. The number of hydrogen-bond acceptors (Lipinski definition) is 4. The van der Waals surface area contributed by atoms with Gasteiger partial charge in [0.2, 0.25) is 11.8 Å². The molecule has 132 valence electrons. The Labute approximate surface area is 152 Å². The molecule has 1 fully saturated rings. The van der Waals surface area contributed by atoms with Crippen LogP contribution in [0.3, 0.4) is 0 Å². The zero-order chi connectivity index (χ0) is 17.8. The highest BCUT2D eigenvalue weighted by Gasteiger charge is 2.22. The highest BCUT2D eigenvalue weighted by Crippen LogP contribution is 2.23. The molecule has 0 bridgehead atoms. The largest absolute Gasteiger partial charge is 0.437 e. The fourth-order valence-electron chi connectivity index (χ4n) is 3.28. The summed E-state index contributed by atoms with van der Waals surface area (Å²) in [6, 6.07) is 17.9. The van der Waals surface area contributed by atoms with E-state index in [1.165, 1.54) is 11.8 Å². The number of oxazole rings is 1. The summed E-state index contributed by atoms with van der Waals surface area (Å²) in [6.45, 7) is 2.68. The summed E-state index contributed by atoms with van der Waals surface area (Å²) in [4.78, 5) is 18.8. The number of anilines is 1. The van der Waals surface area contributed by atoms with Crippen LogP contribution in [0.1, 0.15) is 12.3 Å². The first kappa shape index (κ1) is 16.4. The Bertz CT molecular complexity index is 884. The minimum absolute atomic E-state index is 0.120. The third-order valence-electron chi connectivity index (χ3n) is 4.66. The fraction of sp³-hybridized carbons (Fsp3) is 0.238. The van der Waals surface area contributed by atoms with Crippen molar-refractivity contribution in [3.63, 3.8) is 0 Å². The van der Waals surface area contributed by atoms with Crippen LogP contribution in [-0.4, -0.2) is 30.5 Å². The number of amides is 1. The zero-order valence-electron chi connectivity index (χ0n) is 14.5. The van der Waals surface area contributed by atoms with Gasteiger partial charge in [0, 0.05) is 37.5 Å². The molecule has 0 saturated carbocycles. The number of fused-ring (bicyclic) bond motifs is 1. The summed E-state index contributed by atoms with van der Waals surface area (Å²) in [7, 11) is 0. The summed E-state index contributed by atoms with van der Waals surface area (Å²) in [6.07, 6.45) is 4.18. The van der Waals surface area contributed by atoms with Gasteiger partial charge in [-0.2, -0.15) is 0 Å². The van der Waals surface area contributed by atoms with Gasteiger partial charge in [-0.05, 0) is 36.6 Å². The van der Waals surface area contributed by atoms with Gasteiger partial charge in [-0.15, -0.1) is 0 Å². The number of rotatable bonds is 5. The Morgan fingerprint density at radius 1 is 1.19 bits per heavy atom. The molecule has 1 N–H and O–H groups in total. The monoisotopic (exact) mass is 347 g/mol. The van der Waals surface area contributed by atoms with Crippen LogP contribution in [0.25, 0.3) is 17.2 Å². The van der Waals surface area contributed by atoms with E-state index in [9.17, 15) is 4.79 Å². The summed E-state index contributed by atoms with van der Waals surface area (Å²) in [5.41, 5.74) is 2.76. The van der Waals surface area contributed by atoms with Crippen molar-refractivity contribution in [3.8, 4) is 0 Å². The van der Waals surface area contributed by atoms with Gasteiger partial charge in [0.1, 0.15) is 5.52 Å². The predicted octanol–water partition coefficient (Wildman–Crippen LogP) is 3.48. The normalized spacial score (nSPS) is 17.2. The van der Waals surface area contributed by atoms with E-state index >= 15 is 0 Å². The van der Waals surface area contributed by atoms with Crippen molar-refractivity contribution in [1.82, 2.24) is 10.3 Å². The molecule has 26 heavy (non-hydrogen) atoms. The molecule has 4 rings (SSSR count). The molecule has 0 aliphatic carbocycles. The summed E-state index contributed by atoms with van der Waals surface area (Å²) in [5, 5.41) is 2.98. The van der Waals surface area contributed by atoms with Crippen LogP contribution < -0.4 is 10.2 Å².